The maximum Gasteiger partial charge on any atom is 0.313 e. The minimum Gasteiger partial charge on any atom is -0.504 e. The highest BCUT2D eigenvalue weighted by Crippen LogP contribution is 2.34. The standard InChI is InChI=1S/C10H10O4.C6H6O2/c1-12-9(11)6-10-13-7-4-2-3-5-8(7)14-10;7-5-3-1-2-4-6(5)8/h2-5,10H,6H2,1H3;1-4,7-8H. The SMILES string of the molecule is COC(=O)CC1Oc2ccccc2O1.Oc1ccccc1O. The van der Waals surface area contributed by atoms with Gasteiger partial charge in [0.25, 0.3) is 6.29 Å². The van der Waals surface area contributed by atoms with Gasteiger partial charge in [-0.3, -0.25) is 4.79 Å². The van der Waals surface area contributed by atoms with Gasteiger partial charge in [0, 0.05) is 0 Å². The average Bonchev–Trinajstić information content (AvgIpc) is 2.93. The monoisotopic (exact) mass is 304 g/mol. The summed E-state index contributed by atoms with van der Waals surface area (Å²) in [5.74, 6) is 0.839. The van der Waals surface area contributed by atoms with Gasteiger partial charge in [-0.1, -0.05) is 24.3 Å². The Morgan fingerprint density at radius 2 is 1.45 bits per heavy atom. The van der Waals surface area contributed by atoms with Crippen molar-refractivity contribution in [1.29, 1.82) is 0 Å². The van der Waals surface area contributed by atoms with Crippen LogP contribution in [0.3, 0.4) is 0 Å². The molecule has 3 rings (SSSR count). The molecule has 0 bridgehead atoms. The zero-order chi connectivity index (χ0) is 15.9. The summed E-state index contributed by atoms with van der Waals surface area (Å²) in [6, 6.07) is 13.4. The van der Waals surface area contributed by atoms with Crippen LogP contribution < -0.4 is 9.47 Å². The lowest BCUT2D eigenvalue weighted by atomic mass is 10.3. The van der Waals surface area contributed by atoms with Crippen molar-refractivity contribution >= 4 is 5.97 Å². The van der Waals surface area contributed by atoms with Crippen molar-refractivity contribution in [2.24, 2.45) is 0 Å². The summed E-state index contributed by atoms with van der Waals surface area (Å²) in [4.78, 5) is 10.9. The van der Waals surface area contributed by atoms with Crippen LogP contribution in [0.2, 0.25) is 0 Å². The van der Waals surface area contributed by atoms with Gasteiger partial charge in [-0.15, -0.1) is 0 Å². The number of phenolic OH excluding ortho intramolecular Hbond substituents is 2. The Hall–Kier alpha value is -2.89. The number of carbonyl (C=O) groups is 1. The molecule has 116 valence electrons. The Balaban J connectivity index is 0.000000188. The first-order valence-electron chi connectivity index (χ1n) is 6.56. The highest BCUT2D eigenvalue weighted by Gasteiger charge is 2.26. The van der Waals surface area contributed by atoms with E-state index >= 15 is 0 Å². The minimum absolute atomic E-state index is 0.0764. The Kier molecular flexibility index (Phi) is 5.08. The van der Waals surface area contributed by atoms with Crippen LogP contribution in [0.4, 0.5) is 0 Å². The van der Waals surface area contributed by atoms with Crippen molar-refractivity contribution in [2.75, 3.05) is 7.11 Å². The Morgan fingerprint density at radius 1 is 1.00 bits per heavy atom. The third-order valence-corrected chi connectivity index (χ3v) is 2.81. The summed E-state index contributed by atoms with van der Waals surface area (Å²) >= 11 is 0. The van der Waals surface area contributed by atoms with E-state index in [0.717, 1.165) is 0 Å². The Bertz CT molecular complexity index is 594. The molecule has 2 aromatic carbocycles. The van der Waals surface area contributed by atoms with Gasteiger partial charge in [0.1, 0.15) is 6.42 Å². The van der Waals surface area contributed by atoms with Crippen LogP contribution in [0.15, 0.2) is 48.5 Å². The lowest BCUT2D eigenvalue weighted by Crippen LogP contribution is -2.22. The van der Waals surface area contributed by atoms with Gasteiger partial charge in [-0.25, -0.2) is 0 Å². The second kappa shape index (κ2) is 7.21. The summed E-state index contributed by atoms with van der Waals surface area (Å²) in [6.45, 7) is 0. The molecule has 0 spiro atoms. The maximum atomic E-state index is 10.9. The largest absolute Gasteiger partial charge is 0.504 e. The lowest BCUT2D eigenvalue weighted by molar-refractivity contribution is -0.145. The van der Waals surface area contributed by atoms with Crippen molar-refractivity contribution < 1.29 is 29.2 Å². The molecule has 6 heteroatoms. The van der Waals surface area contributed by atoms with E-state index in [4.69, 9.17) is 19.7 Å². The summed E-state index contributed by atoms with van der Waals surface area (Å²) in [6.07, 6.45) is -0.453. The van der Waals surface area contributed by atoms with Gasteiger partial charge in [0.05, 0.1) is 7.11 Å². The molecule has 0 amide bonds. The predicted molar refractivity (Wildman–Crippen MR) is 77.9 cm³/mol. The van der Waals surface area contributed by atoms with Gasteiger partial charge in [0.15, 0.2) is 23.0 Å². The van der Waals surface area contributed by atoms with Crippen LogP contribution in [-0.4, -0.2) is 29.6 Å². The molecule has 0 saturated carbocycles. The fraction of sp³-hybridized carbons (Fsp3) is 0.188. The van der Waals surface area contributed by atoms with E-state index in [9.17, 15) is 4.79 Å². The number of ether oxygens (including phenoxy) is 3. The quantitative estimate of drug-likeness (QED) is 0.655. The number of fused-ring (bicyclic) bond motifs is 1. The molecular formula is C16H16O6. The van der Waals surface area contributed by atoms with Crippen molar-refractivity contribution in [1.82, 2.24) is 0 Å². The third kappa shape index (κ3) is 4.05. The van der Waals surface area contributed by atoms with E-state index in [0.29, 0.717) is 11.5 Å². The van der Waals surface area contributed by atoms with Crippen molar-refractivity contribution in [3.05, 3.63) is 48.5 Å². The van der Waals surface area contributed by atoms with E-state index in [1.807, 2.05) is 12.1 Å². The number of hydrogen-bond donors (Lipinski definition) is 2. The maximum absolute atomic E-state index is 10.9. The molecule has 1 aliphatic rings. The van der Waals surface area contributed by atoms with E-state index in [1.54, 1.807) is 24.3 Å². The highest BCUT2D eigenvalue weighted by atomic mass is 16.7. The number of hydrogen-bond acceptors (Lipinski definition) is 6. The molecule has 0 radical (unpaired) electrons. The molecule has 0 saturated heterocycles. The molecule has 2 N–H and O–H groups in total. The van der Waals surface area contributed by atoms with Crippen LogP contribution in [0.25, 0.3) is 0 Å². The fourth-order valence-electron chi connectivity index (χ4n) is 1.72. The first kappa shape index (κ1) is 15.5. The molecule has 0 aliphatic carbocycles. The van der Waals surface area contributed by atoms with Gasteiger partial charge in [-0.05, 0) is 24.3 Å². The first-order valence-corrected chi connectivity index (χ1v) is 6.56. The Labute approximate surface area is 127 Å². The second-order valence-electron chi connectivity index (χ2n) is 4.38. The lowest BCUT2D eigenvalue weighted by Gasteiger charge is -2.07. The van der Waals surface area contributed by atoms with Crippen molar-refractivity contribution in [3.8, 4) is 23.0 Å². The van der Waals surface area contributed by atoms with Crippen LogP contribution in [0.5, 0.6) is 23.0 Å². The molecule has 0 fully saturated rings. The number of esters is 1. The Morgan fingerprint density at radius 3 is 1.86 bits per heavy atom. The summed E-state index contributed by atoms with van der Waals surface area (Å²) in [7, 11) is 1.34. The summed E-state index contributed by atoms with van der Waals surface area (Å²) in [5, 5.41) is 17.3. The van der Waals surface area contributed by atoms with Gasteiger partial charge in [-0.2, -0.15) is 0 Å². The van der Waals surface area contributed by atoms with Crippen molar-refractivity contribution in [3.63, 3.8) is 0 Å². The smallest absolute Gasteiger partial charge is 0.313 e. The summed E-state index contributed by atoms with van der Waals surface area (Å²) < 4.78 is 15.2. The minimum atomic E-state index is -0.556. The molecule has 22 heavy (non-hydrogen) atoms. The third-order valence-electron chi connectivity index (χ3n) is 2.81. The second-order valence-corrected chi connectivity index (χ2v) is 4.38. The van der Waals surface area contributed by atoms with Gasteiger partial charge in [0.2, 0.25) is 0 Å². The highest BCUT2D eigenvalue weighted by molar-refractivity contribution is 5.69. The van der Waals surface area contributed by atoms with Gasteiger partial charge < -0.3 is 24.4 Å². The number of phenols is 2. The van der Waals surface area contributed by atoms with E-state index in [-0.39, 0.29) is 23.9 Å². The molecule has 2 aromatic rings. The zero-order valence-corrected chi connectivity index (χ0v) is 11.9. The van der Waals surface area contributed by atoms with Crippen LogP contribution in [0.1, 0.15) is 6.42 Å². The first-order chi connectivity index (χ1) is 10.6. The van der Waals surface area contributed by atoms with Crippen LogP contribution in [-0.2, 0) is 9.53 Å². The predicted octanol–water partition coefficient (Wildman–Crippen LogP) is 2.44. The fourth-order valence-corrected chi connectivity index (χ4v) is 1.72. The van der Waals surface area contributed by atoms with Crippen molar-refractivity contribution in [2.45, 2.75) is 12.7 Å². The van der Waals surface area contributed by atoms with Crippen LogP contribution >= 0.6 is 0 Å². The van der Waals surface area contributed by atoms with Gasteiger partial charge >= 0.3 is 5.97 Å². The summed E-state index contributed by atoms with van der Waals surface area (Å²) in [5.41, 5.74) is 0. The normalized spacial score (nSPS) is 12.2. The molecule has 0 atom stereocenters. The van der Waals surface area contributed by atoms with Crippen LogP contribution in [0, 0.1) is 0 Å². The topological polar surface area (TPSA) is 85.2 Å². The molecular weight excluding hydrogens is 288 g/mol. The molecule has 0 aromatic heterocycles. The van der Waals surface area contributed by atoms with E-state index in [1.165, 1.54) is 19.2 Å². The number of rotatable bonds is 2. The number of para-hydroxylation sites is 4. The van der Waals surface area contributed by atoms with E-state index in [2.05, 4.69) is 4.74 Å². The molecule has 1 heterocycles. The molecule has 0 unspecified atom stereocenters. The van der Waals surface area contributed by atoms with E-state index < -0.39 is 6.29 Å². The number of benzene rings is 2. The molecule has 6 nitrogen and oxygen atoms in total. The number of aromatic hydroxyl groups is 2. The zero-order valence-electron chi connectivity index (χ0n) is 11.9. The number of methoxy groups -OCH3 is 1. The molecule has 1 aliphatic heterocycles. The number of carbonyl (C=O) groups excluding carboxylic acids is 1. The average molecular weight is 304 g/mol.